The lowest BCUT2D eigenvalue weighted by Crippen LogP contribution is -2.11. The van der Waals surface area contributed by atoms with Gasteiger partial charge in [0.25, 0.3) is 0 Å². The summed E-state index contributed by atoms with van der Waals surface area (Å²) in [5, 5.41) is 9.91. The number of hydrogen-bond donors (Lipinski definition) is 0. The Balaban J connectivity index is 2.63. The van der Waals surface area contributed by atoms with Crippen molar-refractivity contribution in [2.75, 3.05) is 0 Å². The maximum absolute atomic E-state index is 9.14. The van der Waals surface area contributed by atoms with Gasteiger partial charge in [-0.3, -0.25) is 0 Å². The molecule has 0 aromatic heterocycles. The number of hydrogen-bond acceptors (Lipinski definition) is 2. The van der Waals surface area contributed by atoms with Gasteiger partial charge in [0.15, 0.2) is 0 Å². The Labute approximate surface area is 107 Å². The van der Waals surface area contributed by atoms with E-state index < -0.39 is 0 Å². The van der Waals surface area contributed by atoms with Crippen molar-refractivity contribution < 1.29 is 0 Å². The molecule has 16 heavy (non-hydrogen) atoms. The van der Waals surface area contributed by atoms with Crippen molar-refractivity contribution in [2.45, 2.75) is 36.8 Å². The van der Waals surface area contributed by atoms with Crippen LogP contribution in [0, 0.1) is 17.2 Å². The van der Waals surface area contributed by atoms with Crippen molar-refractivity contribution in [3.05, 3.63) is 29.3 Å². The Bertz CT molecular complexity index is 355. The SMILES string of the molecule is CCCC(C)C(C#N)Sc1ccc(Cl)cc1. The fraction of sp³-hybridized carbons (Fsp3) is 0.462. The van der Waals surface area contributed by atoms with Crippen LogP contribution in [0.2, 0.25) is 5.02 Å². The maximum Gasteiger partial charge on any atom is 0.0989 e. The minimum absolute atomic E-state index is 0.0288. The van der Waals surface area contributed by atoms with E-state index in [1.165, 1.54) is 0 Å². The molecule has 0 amide bonds. The summed E-state index contributed by atoms with van der Waals surface area (Å²) in [6.45, 7) is 4.29. The van der Waals surface area contributed by atoms with Gasteiger partial charge in [-0.25, -0.2) is 0 Å². The van der Waals surface area contributed by atoms with E-state index in [4.69, 9.17) is 16.9 Å². The maximum atomic E-state index is 9.14. The van der Waals surface area contributed by atoms with Crippen LogP contribution in [-0.4, -0.2) is 5.25 Å². The van der Waals surface area contributed by atoms with Gasteiger partial charge in [0.1, 0.15) is 0 Å². The predicted octanol–water partition coefficient (Wildman–Crippen LogP) is 4.76. The Morgan fingerprint density at radius 1 is 1.38 bits per heavy atom. The summed E-state index contributed by atoms with van der Waals surface area (Å²) in [6.07, 6.45) is 2.22. The van der Waals surface area contributed by atoms with Crippen LogP contribution in [0.1, 0.15) is 26.7 Å². The fourth-order valence-electron chi connectivity index (χ4n) is 1.54. The van der Waals surface area contributed by atoms with Crippen molar-refractivity contribution in [3.8, 4) is 6.07 Å². The lowest BCUT2D eigenvalue weighted by Gasteiger charge is -2.16. The molecule has 0 heterocycles. The third kappa shape index (κ3) is 4.08. The normalized spacial score (nSPS) is 14.1. The molecular formula is C13H16ClNS. The van der Waals surface area contributed by atoms with Crippen molar-refractivity contribution in [1.82, 2.24) is 0 Å². The van der Waals surface area contributed by atoms with Crippen LogP contribution in [0.4, 0.5) is 0 Å². The number of thioether (sulfide) groups is 1. The molecular weight excluding hydrogens is 238 g/mol. The predicted molar refractivity (Wildman–Crippen MR) is 70.8 cm³/mol. The van der Waals surface area contributed by atoms with Crippen LogP contribution in [0.3, 0.4) is 0 Å². The van der Waals surface area contributed by atoms with Gasteiger partial charge in [-0.15, -0.1) is 11.8 Å². The van der Waals surface area contributed by atoms with Crippen molar-refractivity contribution >= 4 is 23.4 Å². The molecule has 0 radical (unpaired) electrons. The van der Waals surface area contributed by atoms with Crippen LogP contribution < -0.4 is 0 Å². The minimum Gasteiger partial charge on any atom is -0.197 e. The smallest absolute Gasteiger partial charge is 0.0989 e. The van der Waals surface area contributed by atoms with E-state index in [2.05, 4.69) is 19.9 Å². The van der Waals surface area contributed by atoms with E-state index in [1.54, 1.807) is 11.8 Å². The van der Waals surface area contributed by atoms with Gasteiger partial charge in [0.05, 0.1) is 11.3 Å². The van der Waals surface area contributed by atoms with E-state index in [0.29, 0.717) is 5.92 Å². The zero-order chi connectivity index (χ0) is 12.0. The van der Waals surface area contributed by atoms with Crippen LogP contribution in [-0.2, 0) is 0 Å². The summed E-state index contributed by atoms with van der Waals surface area (Å²) in [5.41, 5.74) is 0. The van der Waals surface area contributed by atoms with Gasteiger partial charge >= 0.3 is 0 Å². The standard InChI is InChI=1S/C13H16ClNS/c1-3-4-10(2)13(9-15)16-12-7-5-11(14)6-8-12/h5-8,10,13H,3-4H2,1-2H3. The minimum atomic E-state index is 0.0288. The van der Waals surface area contributed by atoms with Crippen molar-refractivity contribution in [2.24, 2.45) is 5.92 Å². The number of nitrogens with zero attached hydrogens (tertiary/aromatic N) is 1. The molecule has 0 N–H and O–H groups in total. The van der Waals surface area contributed by atoms with Crippen LogP contribution in [0.5, 0.6) is 0 Å². The summed E-state index contributed by atoms with van der Waals surface area (Å²) < 4.78 is 0. The fourth-order valence-corrected chi connectivity index (χ4v) is 2.67. The highest BCUT2D eigenvalue weighted by atomic mass is 35.5. The van der Waals surface area contributed by atoms with E-state index in [-0.39, 0.29) is 5.25 Å². The van der Waals surface area contributed by atoms with Gasteiger partial charge in [-0.05, 0) is 36.6 Å². The number of halogens is 1. The highest BCUT2D eigenvalue weighted by Crippen LogP contribution is 2.30. The molecule has 0 saturated carbocycles. The third-order valence-electron chi connectivity index (χ3n) is 2.46. The lowest BCUT2D eigenvalue weighted by atomic mass is 10.0. The van der Waals surface area contributed by atoms with Gasteiger partial charge in [0, 0.05) is 9.92 Å². The summed E-state index contributed by atoms with van der Waals surface area (Å²) in [7, 11) is 0. The molecule has 0 aliphatic carbocycles. The van der Waals surface area contributed by atoms with E-state index in [9.17, 15) is 0 Å². The second-order valence-electron chi connectivity index (χ2n) is 3.89. The Kier molecular flexibility index (Phi) is 5.73. The highest BCUT2D eigenvalue weighted by molar-refractivity contribution is 8.00. The van der Waals surface area contributed by atoms with Crippen LogP contribution in [0.15, 0.2) is 29.2 Å². The molecule has 0 aliphatic heterocycles. The molecule has 0 aliphatic rings. The number of benzene rings is 1. The topological polar surface area (TPSA) is 23.8 Å². The molecule has 0 saturated heterocycles. The largest absolute Gasteiger partial charge is 0.197 e. The first-order chi connectivity index (χ1) is 7.67. The number of rotatable bonds is 5. The van der Waals surface area contributed by atoms with Crippen LogP contribution in [0.25, 0.3) is 0 Å². The summed E-state index contributed by atoms with van der Waals surface area (Å²) in [6, 6.07) is 10.0. The molecule has 1 nitrogen and oxygen atoms in total. The van der Waals surface area contributed by atoms with E-state index in [0.717, 1.165) is 22.8 Å². The zero-order valence-electron chi connectivity index (χ0n) is 9.61. The molecule has 86 valence electrons. The molecule has 1 rings (SSSR count). The molecule has 0 fully saturated rings. The van der Waals surface area contributed by atoms with Gasteiger partial charge < -0.3 is 0 Å². The molecule has 3 heteroatoms. The third-order valence-corrected chi connectivity index (χ3v) is 4.09. The Hall–Kier alpha value is -0.650. The zero-order valence-corrected chi connectivity index (χ0v) is 11.2. The Morgan fingerprint density at radius 3 is 2.50 bits per heavy atom. The number of nitriles is 1. The summed E-state index contributed by atoms with van der Waals surface area (Å²) in [4.78, 5) is 1.11. The van der Waals surface area contributed by atoms with Crippen molar-refractivity contribution in [3.63, 3.8) is 0 Å². The monoisotopic (exact) mass is 253 g/mol. The van der Waals surface area contributed by atoms with E-state index >= 15 is 0 Å². The van der Waals surface area contributed by atoms with Gasteiger partial charge in [-0.2, -0.15) is 5.26 Å². The quantitative estimate of drug-likeness (QED) is 0.707. The molecule has 0 bridgehead atoms. The average molecular weight is 254 g/mol. The first-order valence-electron chi connectivity index (χ1n) is 5.49. The van der Waals surface area contributed by atoms with Gasteiger partial charge in [-0.1, -0.05) is 31.9 Å². The molecule has 1 aromatic rings. The average Bonchev–Trinajstić information content (AvgIpc) is 2.28. The van der Waals surface area contributed by atoms with Crippen LogP contribution >= 0.6 is 23.4 Å². The second kappa shape index (κ2) is 6.83. The van der Waals surface area contributed by atoms with Gasteiger partial charge in [0.2, 0.25) is 0 Å². The second-order valence-corrected chi connectivity index (χ2v) is 5.54. The van der Waals surface area contributed by atoms with Crippen molar-refractivity contribution in [1.29, 1.82) is 5.26 Å². The lowest BCUT2D eigenvalue weighted by molar-refractivity contribution is 0.546. The molecule has 1 aromatic carbocycles. The van der Waals surface area contributed by atoms with E-state index in [1.807, 2.05) is 24.3 Å². The summed E-state index contributed by atoms with van der Waals surface area (Å²) >= 11 is 7.45. The molecule has 2 unspecified atom stereocenters. The first kappa shape index (κ1) is 13.4. The molecule has 0 spiro atoms. The highest BCUT2D eigenvalue weighted by Gasteiger charge is 2.17. The molecule has 2 atom stereocenters. The Morgan fingerprint density at radius 2 is 2.00 bits per heavy atom. The first-order valence-corrected chi connectivity index (χ1v) is 6.75. The summed E-state index contributed by atoms with van der Waals surface area (Å²) in [5.74, 6) is 0.427.